The third-order valence-corrected chi connectivity index (χ3v) is 7.07. The van der Waals surface area contributed by atoms with Gasteiger partial charge in [-0.2, -0.15) is 0 Å². The van der Waals surface area contributed by atoms with Crippen molar-refractivity contribution in [2.75, 3.05) is 33.2 Å². The number of amides is 1. The molecule has 168 valence electrons. The van der Waals surface area contributed by atoms with Crippen LogP contribution in [0.4, 0.5) is 0 Å². The van der Waals surface area contributed by atoms with E-state index in [4.69, 9.17) is 16.6 Å². The van der Waals surface area contributed by atoms with Crippen molar-refractivity contribution >= 4 is 39.1 Å². The summed E-state index contributed by atoms with van der Waals surface area (Å²) in [4.78, 5) is 30.6. The molecule has 4 aromatic rings. The van der Waals surface area contributed by atoms with Gasteiger partial charge in [0.25, 0.3) is 5.91 Å². The number of carbonyl (C=O) groups is 1. The molecular formula is C25H24ClN5OS. The molecule has 0 saturated carbocycles. The van der Waals surface area contributed by atoms with Gasteiger partial charge >= 0.3 is 0 Å². The van der Waals surface area contributed by atoms with E-state index < -0.39 is 0 Å². The SMILES string of the molecule is CN1CCN(C(=O)c2cccc(Cc3ncc(Cl)c(Cc4ccc5ncsc5c4)n3)c2)CC1. The molecule has 33 heavy (non-hydrogen) atoms. The summed E-state index contributed by atoms with van der Waals surface area (Å²) in [7, 11) is 2.08. The van der Waals surface area contributed by atoms with Crippen LogP contribution in [-0.2, 0) is 12.8 Å². The molecule has 0 N–H and O–H groups in total. The molecule has 0 spiro atoms. The number of halogens is 1. The van der Waals surface area contributed by atoms with E-state index in [2.05, 4.69) is 34.0 Å². The summed E-state index contributed by atoms with van der Waals surface area (Å²) in [6, 6.07) is 14.0. The van der Waals surface area contributed by atoms with Crippen molar-refractivity contribution in [1.82, 2.24) is 24.8 Å². The second-order valence-corrected chi connectivity index (χ2v) is 9.68. The fourth-order valence-corrected chi connectivity index (χ4v) is 4.94. The lowest BCUT2D eigenvalue weighted by Crippen LogP contribution is -2.47. The van der Waals surface area contributed by atoms with E-state index in [-0.39, 0.29) is 5.91 Å². The lowest BCUT2D eigenvalue weighted by molar-refractivity contribution is 0.0664. The Labute approximate surface area is 201 Å². The van der Waals surface area contributed by atoms with Gasteiger partial charge in [0.15, 0.2) is 0 Å². The highest BCUT2D eigenvalue weighted by Crippen LogP contribution is 2.23. The van der Waals surface area contributed by atoms with Crippen LogP contribution in [0.3, 0.4) is 0 Å². The van der Waals surface area contributed by atoms with E-state index >= 15 is 0 Å². The summed E-state index contributed by atoms with van der Waals surface area (Å²) < 4.78 is 1.15. The van der Waals surface area contributed by atoms with E-state index in [1.54, 1.807) is 17.5 Å². The molecule has 1 amide bonds. The van der Waals surface area contributed by atoms with Crippen LogP contribution in [0.25, 0.3) is 10.2 Å². The second-order valence-electron chi connectivity index (χ2n) is 8.38. The van der Waals surface area contributed by atoms with Gasteiger partial charge in [-0.3, -0.25) is 4.79 Å². The first-order chi connectivity index (χ1) is 16.0. The molecule has 0 radical (unpaired) electrons. The zero-order valence-corrected chi connectivity index (χ0v) is 19.9. The van der Waals surface area contributed by atoms with Gasteiger partial charge in [0.05, 0.1) is 26.4 Å². The van der Waals surface area contributed by atoms with Crippen LogP contribution >= 0.6 is 22.9 Å². The molecule has 1 saturated heterocycles. The lowest BCUT2D eigenvalue weighted by Gasteiger charge is -2.32. The summed E-state index contributed by atoms with van der Waals surface area (Å²) in [6.45, 7) is 3.33. The van der Waals surface area contributed by atoms with Gasteiger partial charge in [-0.05, 0) is 42.4 Å². The number of fused-ring (bicyclic) bond motifs is 1. The lowest BCUT2D eigenvalue weighted by atomic mass is 10.1. The smallest absolute Gasteiger partial charge is 0.253 e. The number of piperazine rings is 1. The number of likely N-dealkylation sites (N-methyl/N-ethyl adjacent to an activating group) is 1. The number of rotatable bonds is 5. The molecule has 1 aliphatic rings. The van der Waals surface area contributed by atoms with Gasteiger partial charge in [0.2, 0.25) is 0 Å². The number of benzene rings is 2. The minimum atomic E-state index is 0.0844. The summed E-state index contributed by atoms with van der Waals surface area (Å²) in [5.74, 6) is 0.776. The summed E-state index contributed by atoms with van der Waals surface area (Å²) in [6.07, 6.45) is 2.84. The number of carbonyl (C=O) groups excluding carboxylic acids is 1. The Hall–Kier alpha value is -2.87. The van der Waals surface area contributed by atoms with E-state index in [0.29, 0.717) is 29.3 Å². The van der Waals surface area contributed by atoms with E-state index in [1.807, 2.05) is 40.7 Å². The normalized spacial score (nSPS) is 14.7. The Balaban J connectivity index is 1.32. The average molecular weight is 478 g/mol. The average Bonchev–Trinajstić information content (AvgIpc) is 3.29. The zero-order chi connectivity index (χ0) is 22.8. The molecule has 6 nitrogen and oxygen atoms in total. The van der Waals surface area contributed by atoms with Gasteiger partial charge in [-0.15, -0.1) is 11.3 Å². The maximum atomic E-state index is 12.9. The predicted octanol–water partition coefficient (Wildman–Crippen LogP) is 4.31. The van der Waals surface area contributed by atoms with E-state index in [0.717, 1.165) is 53.2 Å². The van der Waals surface area contributed by atoms with Gasteiger partial charge in [-0.25, -0.2) is 15.0 Å². The molecule has 2 aromatic carbocycles. The molecule has 8 heteroatoms. The standard InChI is InChI=1S/C25H24ClN5OS/c1-30-7-9-31(10-8-30)25(32)19-4-2-3-17(11-19)14-24-27-15-20(26)22(29-24)12-18-5-6-21-23(13-18)33-16-28-21/h2-6,11,13,15-16H,7-10,12,14H2,1H3. The number of hydrogen-bond donors (Lipinski definition) is 0. The number of aromatic nitrogens is 3. The van der Waals surface area contributed by atoms with Crippen molar-refractivity contribution in [3.63, 3.8) is 0 Å². The molecule has 1 aliphatic heterocycles. The van der Waals surface area contributed by atoms with Crippen molar-refractivity contribution < 1.29 is 4.79 Å². The minimum absolute atomic E-state index is 0.0844. The Kier molecular flexibility index (Phi) is 6.35. The molecule has 0 aliphatic carbocycles. The maximum absolute atomic E-state index is 12.9. The number of hydrogen-bond acceptors (Lipinski definition) is 6. The van der Waals surface area contributed by atoms with Crippen LogP contribution in [-0.4, -0.2) is 63.9 Å². The Bertz CT molecular complexity index is 1300. The number of nitrogens with zero attached hydrogens (tertiary/aromatic N) is 5. The molecule has 3 heterocycles. The van der Waals surface area contributed by atoms with Gasteiger partial charge in [0.1, 0.15) is 5.82 Å². The molecule has 5 rings (SSSR count). The minimum Gasteiger partial charge on any atom is -0.336 e. The third kappa shape index (κ3) is 5.05. The topological polar surface area (TPSA) is 62.2 Å². The van der Waals surface area contributed by atoms with Crippen LogP contribution in [0.1, 0.15) is 33.0 Å². The fourth-order valence-electron chi connectivity index (χ4n) is 4.04. The van der Waals surface area contributed by atoms with Gasteiger partial charge in [0, 0.05) is 50.8 Å². The van der Waals surface area contributed by atoms with Crippen LogP contribution in [0.15, 0.2) is 54.2 Å². The maximum Gasteiger partial charge on any atom is 0.253 e. The highest BCUT2D eigenvalue weighted by molar-refractivity contribution is 7.16. The Morgan fingerprint density at radius 1 is 1.03 bits per heavy atom. The van der Waals surface area contributed by atoms with E-state index in [9.17, 15) is 4.79 Å². The van der Waals surface area contributed by atoms with Gasteiger partial charge in [-0.1, -0.05) is 29.8 Å². The first-order valence-corrected chi connectivity index (χ1v) is 12.2. The zero-order valence-electron chi connectivity index (χ0n) is 18.4. The Morgan fingerprint density at radius 3 is 2.70 bits per heavy atom. The first kappa shape index (κ1) is 21.9. The molecular weight excluding hydrogens is 454 g/mol. The summed E-state index contributed by atoms with van der Waals surface area (Å²) in [5, 5.41) is 0.558. The first-order valence-electron chi connectivity index (χ1n) is 10.9. The van der Waals surface area contributed by atoms with Crippen LogP contribution < -0.4 is 0 Å². The molecule has 1 fully saturated rings. The Morgan fingerprint density at radius 2 is 1.85 bits per heavy atom. The predicted molar refractivity (Wildman–Crippen MR) is 132 cm³/mol. The quantitative estimate of drug-likeness (QED) is 0.428. The summed E-state index contributed by atoms with van der Waals surface area (Å²) in [5.41, 5.74) is 6.52. The van der Waals surface area contributed by atoms with Crippen molar-refractivity contribution in [3.8, 4) is 0 Å². The van der Waals surface area contributed by atoms with Crippen LogP contribution in [0.5, 0.6) is 0 Å². The molecule has 2 aromatic heterocycles. The molecule has 0 bridgehead atoms. The summed E-state index contributed by atoms with van der Waals surface area (Å²) >= 11 is 8.05. The monoisotopic (exact) mass is 477 g/mol. The van der Waals surface area contributed by atoms with Crippen LogP contribution in [0.2, 0.25) is 5.02 Å². The highest BCUT2D eigenvalue weighted by Gasteiger charge is 2.20. The van der Waals surface area contributed by atoms with Gasteiger partial charge < -0.3 is 9.80 Å². The molecule has 0 unspecified atom stereocenters. The largest absolute Gasteiger partial charge is 0.336 e. The van der Waals surface area contributed by atoms with Crippen molar-refractivity contribution in [1.29, 1.82) is 0 Å². The van der Waals surface area contributed by atoms with E-state index in [1.165, 1.54) is 0 Å². The van der Waals surface area contributed by atoms with Crippen molar-refractivity contribution in [2.24, 2.45) is 0 Å². The second kappa shape index (κ2) is 9.55. The third-order valence-electron chi connectivity index (χ3n) is 5.96. The van der Waals surface area contributed by atoms with Crippen molar-refractivity contribution in [3.05, 3.63) is 87.4 Å². The highest BCUT2D eigenvalue weighted by atomic mass is 35.5. The fraction of sp³-hybridized carbons (Fsp3) is 0.280. The van der Waals surface area contributed by atoms with Crippen molar-refractivity contribution in [2.45, 2.75) is 12.8 Å². The van der Waals surface area contributed by atoms with Crippen LogP contribution in [0, 0.1) is 0 Å². The molecule has 0 atom stereocenters. The number of thiazole rings is 1.